The van der Waals surface area contributed by atoms with Gasteiger partial charge < -0.3 is 25.0 Å². The number of alkyl halides is 3. The summed E-state index contributed by atoms with van der Waals surface area (Å²) in [4.78, 5) is 30.8. The van der Waals surface area contributed by atoms with Crippen molar-refractivity contribution in [3.8, 4) is 11.3 Å². The van der Waals surface area contributed by atoms with Gasteiger partial charge in [-0.15, -0.1) is 0 Å². The van der Waals surface area contributed by atoms with Crippen LogP contribution in [0.25, 0.3) is 11.3 Å². The van der Waals surface area contributed by atoms with Gasteiger partial charge in [-0.25, -0.2) is 9.78 Å². The molecule has 1 amide bonds. The van der Waals surface area contributed by atoms with Gasteiger partial charge in [0.1, 0.15) is 5.82 Å². The van der Waals surface area contributed by atoms with Crippen LogP contribution >= 0.6 is 0 Å². The van der Waals surface area contributed by atoms with E-state index in [1.165, 1.54) is 0 Å². The summed E-state index contributed by atoms with van der Waals surface area (Å²) in [5, 5.41) is 10.00. The second-order valence-electron chi connectivity index (χ2n) is 6.39. The molecule has 2 aromatic heterocycles. The number of aliphatic carboxylic acids is 1. The van der Waals surface area contributed by atoms with Crippen LogP contribution in [0.5, 0.6) is 0 Å². The number of ether oxygens (including phenoxy) is 1. The van der Waals surface area contributed by atoms with E-state index < -0.39 is 12.1 Å². The molecule has 0 saturated carbocycles. The van der Waals surface area contributed by atoms with Gasteiger partial charge in [0.2, 0.25) is 0 Å². The molecule has 0 aromatic carbocycles. The number of pyridine rings is 1. The molecule has 4 rings (SSSR count). The van der Waals surface area contributed by atoms with Gasteiger partial charge in [-0.2, -0.15) is 13.2 Å². The third-order valence-electron chi connectivity index (χ3n) is 4.44. The molecule has 4 heterocycles. The average Bonchev–Trinajstić information content (AvgIpc) is 3.14. The molecule has 0 unspecified atom stereocenters. The number of carbonyl (C=O) groups excluding carboxylic acids is 1. The maximum Gasteiger partial charge on any atom is 0.490 e. The standard InChI is InChI=1S/C16H18N4O2.C2HF3O2/c21-16-12-10-14(19-13(12)2-4-18-16)11-1-3-17-15(9-11)20-5-7-22-8-6-20;3-2(4,5)1(6)7/h1,3,9-10,19H,2,4-8H2,(H,18,21);(H,6,7). The van der Waals surface area contributed by atoms with E-state index in [4.69, 9.17) is 14.6 Å². The molecule has 0 spiro atoms. The molecular formula is C18H19F3N4O4. The number of halogens is 3. The highest BCUT2D eigenvalue weighted by molar-refractivity contribution is 5.97. The number of aromatic amines is 1. The summed E-state index contributed by atoms with van der Waals surface area (Å²) >= 11 is 0. The number of aromatic nitrogens is 2. The normalized spacial score (nSPS) is 16.4. The smallest absolute Gasteiger partial charge is 0.475 e. The molecular weight excluding hydrogens is 393 g/mol. The van der Waals surface area contributed by atoms with Gasteiger partial charge in [0, 0.05) is 49.2 Å². The summed E-state index contributed by atoms with van der Waals surface area (Å²) in [6.45, 7) is 3.90. The number of amides is 1. The molecule has 1 fully saturated rings. The van der Waals surface area contributed by atoms with Gasteiger partial charge >= 0.3 is 12.1 Å². The minimum absolute atomic E-state index is 0.00575. The number of H-pyrrole nitrogens is 1. The lowest BCUT2D eigenvalue weighted by Gasteiger charge is -2.27. The summed E-state index contributed by atoms with van der Waals surface area (Å²) in [6, 6.07) is 5.97. The first-order valence-electron chi connectivity index (χ1n) is 8.85. The minimum atomic E-state index is -5.08. The Bertz CT molecular complexity index is 891. The highest BCUT2D eigenvalue weighted by Gasteiger charge is 2.38. The SMILES string of the molecule is O=C(O)C(F)(F)F.O=C1NCCc2[nH]c(-c3ccnc(N4CCOCC4)c3)cc21. The van der Waals surface area contributed by atoms with E-state index in [0.29, 0.717) is 6.54 Å². The lowest BCUT2D eigenvalue weighted by molar-refractivity contribution is -0.192. The van der Waals surface area contributed by atoms with Crippen molar-refractivity contribution in [2.45, 2.75) is 12.6 Å². The fraction of sp³-hybridized carbons (Fsp3) is 0.389. The topological polar surface area (TPSA) is 108 Å². The lowest BCUT2D eigenvalue weighted by atomic mass is 10.1. The number of nitrogens with one attached hydrogen (secondary N) is 2. The van der Waals surface area contributed by atoms with Crippen LogP contribution in [-0.2, 0) is 16.0 Å². The molecule has 1 saturated heterocycles. The first kappa shape index (κ1) is 20.6. The molecule has 2 aromatic rings. The van der Waals surface area contributed by atoms with E-state index in [9.17, 15) is 18.0 Å². The fourth-order valence-corrected chi connectivity index (χ4v) is 3.00. The molecule has 156 valence electrons. The molecule has 0 atom stereocenters. The summed E-state index contributed by atoms with van der Waals surface area (Å²) in [5.41, 5.74) is 3.80. The number of carboxylic acids is 1. The molecule has 3 N–H and O–H groups in total. The predicted molar refractivity (Wildman–Crippen MR) is 96.8 cm³/mol. The van der Waals surface area contributed by atoms with E-state index in [1.54, 1.807) is 0 Å². The Balaban J connectivity index is 0.000000298. The third kappa shape index (κ3) is 5.05. The summed E-state index contributed by atoms with van der Waals surface area (Å²) in [5.74, 6) is -1.79. The largest absolute Gasteiger partial charge is 0.490 e. The number of hydrogen-bond acceptors (Lipinski definition) is 5. The zero-order chi connectivity index (χ0) is 21.0. The van der Waals surface area contributed by atoms with Gasteiger partial charge in [0.05, 0.1) is 18.8 Å². The molecule has 8 nitrogen and oxygen atoms in total. The van der Waals surface area contributed by atoms with E-state index in [0.717, 1.165) is 61.1 Å². The van der Waals surface area contributed by atoms with Crippen molar-refractivity contribution in [2.75, 3.05) is 37.7 Å². The van der Waals surface area contributed by atoms with Crippen molar-refractivity contribution in [1.82, 2.24) is 15.3 Å². The Morgan fingerprint density at radius 2 is 1.93 bits per heavy atom. The monoisotopic (exact) mass is 412 g/mol. The van der Waals surface area contributed by atoms with Crippen molar-refractivity contribution >= 4 is 17.7 Å². The maximum absolute atomic E-state index is 11.9. The van der Waals surface area contributed by atoms with Gasteiger partial charge in [0.25, 0.3) is 5.91 Å². The molecule has 0 radical (unpaired) electrons. The predicted octanol–water partition coefficient (Wildman–Crippen LogP) is 1.83. The summed E-state index contributed by atoms with van der Waals surface area (Å²) in [6.07, 6.45) is -2.41. The van der Waals surface area contributed by atoms with Crippen LogP contribution in [0.15, 0.2) is 24.4 Å². The van der Waals surface area contributed by atoms with Crippen LogP contribution in [0.3, 0.4) is 0 Å². The van der Waals surface area contributed by atoms with Gasteiger partial charge in [-0.05, 0) is 18.2 Å². The van der Waals surface area contributed by atoms with Crippen LogP contribution in [-0.4, -0.2) is 66.0 Å². The van der Waals surface area contributed by atoms with E-state index in [1.807, 2.05) is 18.3 Å². The van der Waals surface area contributed by atoms with Crippen molar-refractivity contribution in [3.05, 3.63) is 35.7 Å². The number of rotatable bonds is 2. The van der Waals surface area contributed by atoms with Crippen molar-refractivity contribution < 1.29 is 32.6 Å². The zero-order valence-electron chi connectivity index (χ0n) is 15.3. The second kappa shape index (κ2) is 8.52. The number of carbonyl (C=O) groups is 2. The average molecular weight is 412 g/mol. The summed E-state index contributed by atoms with van der Waals surface area (Å²) in [7, 11) is 0. The highest BCUT2D eigenvalue weighted by Crippen LogP contribution is 2.26. The van der Waals surface area contributed by atoms with E-state index in [2.05, 4.69) is 26.3 Å². The molecule has 11 heteroatoms. The second-order valence-corrected chi connectivity index (χ2v) is 6.39. The number of morpholine rings is 1. The van der Waals surface area contributed by atoms with Gasteiger partial charge in [-0.3, -0.25) is 4.79 Å². The number of anilines is 1. The van der Waals surface area contributed by atoms with Crippen LogP contribution < -0.4 is 10.2 Å². The lowest BCUT2D eigenvalue weighted by Crippen LogP contribution is -2.36. The van der Waals surface area contributed by atoms with Gasteiger partial charge in [0.15, 0.2) is 0 Å². The van der Waals surface area contributed by atoms with Gasteiger partial charge in [-0.1, -0.05) is 0 Å². The fourth-order valence-electron chi connectivity index (χ4n) is 3.00. The molecule has 0 bridgehead atoms. The molecule has 29 heavy (non-hydrogen) atoms. The van der Waals surface area contributed by atoms with Crippen molar-refractivity contribution in [3.63, 3.8) is 0 Å². The zero-order valence-corrected chi connectivity index (χ0v) is 15.3. The quantitative estimate of drug-likeness (QED) is 0.695. The van der Waals surface area contributed by atoms with Crippen LogP contribution in [0, 0.1) is 0 Å². The Labute approximate surface area is 163 Å². The van der Waals surface area contributed by atoms with Crippen LogP contribution in [0.2, 0.25) is 0 Å². The maximum atomic E-state index is 11.9. The Morgan fingerprint density at radius 1 is 1.24 bits per heavy atom. The van der Waals surface area contributed by atoms with Crippen molar-refractivity contribution in [2.24, 2.45) is 0 Å². The first-order valence-corrected chi connectivity index (χ1v) is 8.85. The highest BCUT2D eigenvalue weighted by atomic mass is 19.4. The van der Waals surface area contributed by atoms with E-state index >= 15 is 0 Å². The molecule has 2 aliphatic rings. The number of hydrogen-bond donors (Lipinski definition) is 3. The van der Waals surface area contributed by atoms with Crippen LogP contribution in [0.4, 0.5) is 19.0 Å². The minimum Gasteiger partial charge on any atom is -0.475 e. The Hall–Kier alpha value is -3.08. The Morgan fingerprint density at radius 3 is 2.55 bits per heavy atom. The molecule has 2 aliphatic heterocycles. The number of carboxylic acid groups (broad SMARTS) is 1. The Kier molecular flexibility index (Phi) is 6.06. The number of fused-ring (bicyclic) bond motifs is 1. The van der Waals surface area contributed by atoms with Crippen LogP contribution in [0.1, 0.15) is 16.1 Å². The summed E-state index contributed by atoms with van der Waals surface area (Å²) < 4.78 is 37.1. The third-order valence-corrected chi connectivity index (χ3v) is 4.44. The first-order chi connectivity index (χ1) is 13.8. The van der Waals surface area contributed by atoms with Crippen molar-refractivity contribution in [1.29, 1.82) is 0 Å². The number of nitrogens with zero attached hydrogens (tertiary/aromatic N) is 2. The molecule has 0 aliphatic carbocycles. The van der Waals surface area contributed by atoms with E-state index in [-0.39, 0.29) is 5.91 Å².